The highest BCUT2D eigenvalue weighted by molar-refractivity contribution is 5.61. The van der Waals surface area contributed by atoms with Crippen LogP contribution in [-0.2, 0) is 6.42 Å². The van der Waals surface area contributed by atoms with E-state index in [-0.39, 0.29) is 6.61 Å². The largest absolute Gasteiger partial charge is 0.396 e. The van der Waals surface area contributed by atoms with Gasteiger partial charge in [0, 0.05) is 12.2 Å². The SMILES string of the molecule is C/C(=C\C=C/CCO)c1noc(-c2ccc(CC(C)C)cc2)n1. The summed E-state index contributed by atoms with van der Waals surface area (Å²) in [6, 6.07) is 8.27. The van der Waals surface area contributed by atoms with Gasteiger partial charge in [-0.2, -0.15) is 4.98 Å². The highest BCUT2D eigenvalue weighted by Gasteiger charge is 2.10. The zero-order valence-electron chi connectivity index (χ0n) is 14.0. The molecule has 2 aromatic rings. The van der Waals surface area contributed by atoms with E-state index in [4.69, 9.17) is 9.63 Å². The highest BCUT2D eigenvalue weighted by Crippen LogP contribution is 2.21. The van der Waals surface area contributed by atoms with Crippen LogP contribution < -0.4 is 0 Å². The number of benzene rings is 1. The zero-order chi connectivity index (χ0) is 16.7. The van der Waals surface area contributed by atoms with E-state index in [1.165, 1.54) is 5.56 Å². The summed E-state index contributed by atoms with van der Waals surface area (Å²) in [4.78, 5) is 4.44. The molecular formula is C19H24N2O2. The standard InChI is InChI=1S/C19H24N2O2/c1-14(2)13-16-8-10-17(11-9-16)19-20-18(21-23-19)15(3)7-5-4-6-12-22/h4-5,7-11,14,22H,6,12-13H2,1-3H3/b5-4-,15-7+. The lowest BCUT2D eigenvalue weighted by atomic mass is 10.0. The maximum absolute atomic E-state index is 8.73. The molecule has 0 bridgehead atoms. The fourth-order valence-corrected chi connectivity index (χ4v) is 2.21. The second kappa shape index (κ2) is 8.44. The Labute approximate surface area is 137 Å². The average molecular weight is 312 g/mol. The molecule has 0 fully saturated rings. The molecule has 23 heavy (non-hydrogen) atoms. The van der Waals surface area contributed by atoms with E-state index in [1.54, 1.807) is 0 Å². The van der Waals surface area contributed by atoms with Crippen LogP contribution in [0.15, 0.2) is 47.0 Å². The summed E-state index contributed by atoms with van der Waals surface area (Å²) >= 11 is 0. The average Bonchev–Trinajstić information content (AvgIpc) is 3.01. The second-order valence-electron chi connectivity index (χ2n) is 6.01. The molecule has 0 radical (unpaired) electrons. The molecule has 1 heterocycles. The molecule has 4 heteroatoms. The van der Waals surface area contributed by atoms with Crippen LogP contribution in [0.3, 0.4) is 0 Å². The van der Waals surface area contributed by atoms with E-state index in [9.17, 15) is 0 Å². The third-order valence-corrected chi connectivity index (χ3v) is 3.40. The van der Waals surface area contributed by atoms with E-state index in [0.29, 0.717) is 24.1 Å². The molecule has 1 N–H and O–H groups in total. The summed E-state index contributed by atoms with van der Waals surface area (Å²) in [5.41, 5.74) is 3.17. The lowest BCUT2D eigenvalue weighted by Crippen LogP contribution is -1.93. The molecule has 0 atom stereocenters. The maximum Gasteiger partial charge on any atom is 0.258 e. The van der Waals surface area contributed by atoms with Gasteiger partial charge in [-0.1, -0.05) is 49.4 Å². The number of hydrogen-bond donors (Lipinski definition) is 1. The summed E-state index contributed by atoms with van der Waals surface area (Å²) in [7, 11) is 0. The minimum absolute atomic E-state index is 0.155. The van der Waals surface area contributed by atoms with Crippen LogP contribution in [0.1, 0.15) is 38.6 Å². The fourth-order valence-electron chi connectivity index (χ4n) is 2.21. The van der Waals surface area contributed by atoms with Crippen molar-refractivity contribution in [1.29, 1.82) is 0 Å². The highest BCUT2D eigenvalue weighted by atomic mass is 16.5. The Balaban J connectivity index is 2.09. The summed E-state index contributed by atoms with van der Waals surface area (Å²) in [6.45, 7) is 6.51. The number of allylic oxidation sites excluding steroid dienone is 3. The molecule has 4 nitrogen and oxygen atoms in total. The van der Waals surface area contributed by atoms with Crippen molar-refractivity contribution in [2.45, 2.75) is 33.6 Å². The van der Waals surface area contributed by atoms with Crippen LogP contribution in [-0.4, -0.2) is 21.9 Å². The van der Waals surface area contributed by atoms with Crippen molar-refractivity contribution in [2.75, 3.05) is 6.61 Å². The van der Waals surface area contributed by atoms with Crippen molar-refractivity contribution in [3.8, 4) is 11.5 Å². The van der Waals surface area contributed by atoms with Gasteiger partial charge in [-0.05, 0) is 49.0 Å². The Morgan fingerprint density at radius 1 is 1.26 bits per heavy atom. The molecule has 2 rings (SSSR count). The van der Waals surface area contributed by atoms with Gasteiger partial charge in [-0.15, -0.1) is 0 Å². The van der Waals surface area contributed by atoms with Crippen molar-refractivity contribution in [2.24, 2.45) is 5.92 Å². The summed E-state index contributed by atoms with van der Waals surface area (Å²) in [6.07, 6.45) is 7.41. The van der Waals surface area contributed by atoms with Crippen molar-refractivity contribution in [3.05, 3.63) is 53.9 Å². The van der Waals surface area contributed by atoms with Crippen LogP contribution in [0, 0.1) is 5.92 Å². The predicted molar refractivity (Wildman–Crippen MR) is 92.8 cm³/mol. The van der Waals surface area contributed by atoms with Crippen LogP contribution in [0.25, 0.3) is 17.0 Å². The van der Waals surface area contributed by atoms with E-state index in [1.807, 2.05) is 37.3 Å². The first-order valence-electron chi connectivity index (χ1n) is 7.98. The van der Waals surface area contributed by atoms with E-state index in [0.717, 1.165) is 17.6 Å². The summed E-state index contributed by atoms with van der Waals surface area (Å²) in [5.74, 6) is 1.76. The quantitative estimate of drug-likeness (QED) is 0.775. The van der Waals surface area contributed by atoms with Crippen molar-refractivity contribution >= 4 is 5.57 Å². The van der Waals surface area contributed by atoms with Gasteiger partial charge >= 0.3 is 0 Å². The second-order valence-corrected chi connectivity index (χ2v) is 6.01. The molecule has 0 aliphatic heterocycles. The Hall–Kier alpha value is -2.20. The first-order chi connectivity index (χ1) is 11.1. The molecule has 0 unspecified atom stereocenters. The van der Waals surface area contributed by atoms with Gasteiger partial charge in [0.15, 0.2) is 5.82 Å². The molecule has 1 aromatic heterocycles. The van der Waals surface area contributed by atoms with Gasteiger partial charge in [-0.3, -0.25) is 0 Å². The number of nitrogens with zero attached hydrogens (tertiary/aromatic N) is 2. The molecule has 0 aliphatic carbocycles. The first-order valence-corrected chi connectivity index (χ1v) is 7.98. The number of aliphatic hydroxyl groups excluding tert-OH is 1. The summed E-state index contributed by atoms with van der Waals surface area (Å²) in [5, 5.41) is 12.8. The third-order valence-electron chi connectivity index (χ3n) is 3.40. The van der Waals surface area contributed by atoms with Gasteiger partial charge in [0.2, 0.25) is 0 Å². The Morgan fingerprint density at radius 3 is 2.65 bits per heavy atom. The molecule has 0 saturated heterocycles. The lowest BCUT2D eigenvalue weighted by molar-refractivity contribution is 0.302. The molecule has 122 valence electrons. The monoisotopic (exact) mass is 312 g/mol. The topological polar surface area (TPSA) is 59.2 Å². The van der Waals surface area contributed by atoms with Gasteiger partial charge in [0.1, 0.15) is 0 Å². The Morgan fingerprint density at radius 2 is 2.00 bits per heavy atom. The van der Waals surface area contributed by atoms with Gasteiger partial charge in [0.05, 0.1) is 0 Å². The molecule has 0 spiro atoms. The molecule has 0 aliphatic rings. The number of aromatic nitrogens is 2. The Kier molecular flexibility index (Phi) is 6.29. The molecule has 0 amide bonds. The van der Waals surface area contributed by atoms with E-state index < -0.39 is 0 Å². The minimum Gasteiger partial charge on any atom is -0.396 e. The smallest absolute Gasteiger partial charge is 0.258 e. The van der Waals surface area contributed by atoms with Crippen LogP contribution in [0.2, 0.25) is 0 Å². The maximum atomic E-state index is 8.73. The zero-order valence-corrected chi connectivity index (χ0v) is 14.0. The van der Waals surface area contributed by atoms with Crippen molar-refractivity contribution in [1.82, 2.24) is 10.1 Å². The fraction of sp³-hybridized carbons (Fsp3) is 0.368. The first kappa shape index (κ1) is 17.2. The van der Waals surface area contributed by atoms with Crippen LogP contribution in [0.5, 0.6) is 0 Å². The van der Waals surface area contributed by atoms with Crippen molar-refractivity contribution < 1.29 is 9.63 Å². The number of hydrogen-bond acceptors (Lipinski definition) is 4. The normalized spacial score (nSPS) is 12.5. The van der Waals surface area contributed by atoms with E-state index >= 15 is 0 Å². The molecule has 0 saturated carbocycles. The van der Waals surface area contributed by atoms with Crippen LogP contribution in [0.4, 0.5) is 0 Å². The minimum atomic E-state index is 0.155. The van der Waals surface area contributed by atoms with E-state index in [2.05, 4.69) is 36.1 Å². The van der Waals surface area contributed by atoms with Gasteiger partial charge < -0.3 is 9.63 Å². The van der Waals surface area contributed by atoms with Crippen LogP contribution >= 0.6 is 0 Å². The lowest BCUT2D eigenvalue weighted by Gasteiger charge is -2.04. The third kappa shape index (κ3) is 5.18. The predicted octanol–water partition coefficient (Wildman–Crippen LogP) is 4.28. The molecular weight excluding hydrogens is 288 g/mol. The number of aliphatic hydroxyl groups is 1. The van der Waals surface area contributed by atoms with Gasteiger partial charge in [-0.25, -0.2) is 0 Å². The Bertz CT molecular complexity index is 667. The van der Waals surface area contributed by atoms with Gasteiger partial charge in [0.25, 0.3) is 5.89 Å². The summed E-state index contributed by atoms with van der Waals surface area (Å²) < 4.78 is 5.35. The van der Waals surface area contributed by atoms with Crippen molar-refractivity contribution in [3.63, 3.8) is 0 Å². The molecule has 1 aromatic carbocycles. The number of rotatable bonds is 7.